The number of halogens is 2. The highest BCUT2D eigenvalue weighted by atomic mass is 35.5. The first kappa shape index (κ1) is 17.4. The zero-order valence-corrected chi connectivity index (χ0v) is 12.8. The minimum Gasteiger partial charge on any atom is -0.316 e. The van der Waals surface area contributed by atoms with Crippen LogP contribution in [0.2, 0.25) is 0 Å². The summed E-state index contributed by atoms with van der Waals surface area (Å²) in [6, 6.07) is 5.68. The third-order valence-electron chi connectivity index (χ3n) is 3.28. The molecule has 1 aromatic rings. The predicted molar refractivity (Wildman–Crippen MR) is 79.9 cm³/mol. The minimum atomic E-state index is -3.38. The number of rotatable bonds is 6. The Kier molecular flexibility index (Phi) is 6.88. The lowest BCUT2D eigenvalue weighted by Gasteiger charge is -2.10. The van der Waals surface area contributed by atoms with E-state index in [2.05, 4.69) is 10.0 Å². The summed E-state index contributed by atoms with van der Waals surface area (Å²) in [6.07, 6.45) is 1.95. The molecular weight excluding hydrogens is 303 g/mol. The van der Waals surface area contributed by atoms with Crippen LogP contribution >= 0.6 is 12.4 Å². The minimum absolute atomic E-state index is 0. The second kappa shape index (κ2) is 7.93. The zero-order chi connectivity index (χ0) is 13.7. The van der Waals surface area contributed by atoms with Crippen LogP contribution in [0.15, 0.2) is 24.3 Å². The Morgan fingerprint density at radius 1 is 1.40 bits per heavy atom. The van der Waals surface area contributed by atoms with Gasteiger partial charge in [-0.05, 0) is 49.5 Å². The molecule has 0 aromatic heterocycles. The Balaban J connectivity index is 0.00000200. The topological polar surface area (TPSA) is 58.2 Å². The molecule has 1 saturated heterocycles. The molecular formula is C13H20ClFN2O2S. The molecule has 1 unspecified atom stereocenters. The quantitative estimate of drug-likeness (QED) is 0.837. The lowest BCUT2D eigenvalue weighted by atomic mass is 10.1. The monoisotopic (exact) mass is 322 g/mol. The van der Waals surface area contributed by atoms with Crippen molar-refractivity contribution in [2.75, 3.05) is 19.6 Å². The van der Waals surface area contributed by atoms with Crippen LogP contribution in [0.25, 0.3) is 0 Å². The van der Waals surface area contributed by atoms with Crippen LogP contribution in [0.5, 0.6) is 0 Å². The number of sulfonamides is 1. The number of hydrogen-bond donors (Lipinski definition) is 2. The Labute approximate surface area is 125 Å². The maximum Gasteiger partial charge on any atom is 0.215 e. The molecule has 4 nitrogen and oxygen atoms in total. The van der Waals surface area contributed by atoms with E-state index >= 15 is 0 Å². The molecule has 0 amide bonds. The predicted octanol–water partition coefficient (Wildman–Crippen LogP) is 1.67. The molecule has 2 N–H and O–H groups in total. The summed E-state index contributed by atoms with van der Waals surface area (Å²) < 4.78 is 39.2. The molecule has 20 heavy (non-hydrogen) atoms. The first-order valence-corrected chi connectivity index (χ1v) is 8.13. The van der Waals surface area contributed by atoms with E-state index in [0.717, 1.165) is 25.9 Å². The first-order valence-electron chi connectivity index (χ1n) is 6.48. The van der Waals surface area contributed by atoms with Gasteiger partial charge in [0.25, 0.3) is 0 Å². The summed E-state index contributed by atoms with van der Waals surface area (Å²) in [7, 11) is -3.38. The van der Waals surface area contributed by atoms with Crippen molar-refractivity contribution in [2.45, 2.75) is 18.6 Å². The van der Waals surface area contributed by atoms with Crippen molar-refractivity contribution in [1.29, 1.82) is 0 Å². The summed E-state index contributed by atoms with van der Waals surface area (Å²) in [5.41, 5.74) is 0.468. The van der Waals surface area contributed by atoms with Gasteiger partial charge in [-0.2, -0.15) is 0 Å². The van der Waals surface area contributed by atoms with Crippen LogP contribution in [-0.4, -0.2) is 28.1 Å². The summed E-state index contributed by atoms with van der Waals surface area (Å²) in [6.45, 7) is 2.43. The second-order valence-electron chi connectivity index (χ2n) is 4.93. The van der Waals surface area contributed by atoms with Crippen molar-refractivity contribution in [3.63, 3.8) is 0 Å². The van der Waals surface area contributed by atoms with E-state index in [0.29, 0.717) is 18.0 Å². The van der Waals surface area contributed by atoms with Gasteiger partial charge in [0.2, 0.25) is 10.0 Å². The highest BCUT2D eigenvalue weighted by molar-refractivity contribution is 7.88. The molecule has 7 heteroatoms. The number of nitrogens with one attached hydrogen (secondary N) is 2. The van der Waals surface area contributed by atoms with Gasteiger partial charge in [0.15, 0.2) is 0 Å². The number of hydrogen-bond acceptors (Lipinski definition) is 3. The highest BCUT2D eigenvalue weighted by Crippen LogP contribution is 2.12. The smallest absolute Gasteiger partial charge is 0.215 e. The van der Waals surface area contributed by atoms with Gasteiger partial charge in [0.05, 0.1) is 5.75 Å². The van der Waals surface area contributed by atoms with E-state index in [4.69, 9.17) is 0 Å². The molecule has 0 saturated carbocycles. The SMILES string of the molecule is Cl.O=S(=O)(Cc1cccc(F)c1)NCCC1CCNC1. The van der Waals surface area contributed by atoms with Crippen LogP contribution < -0.4 is 10.0 Å². The van der Waals surface area contributed by atoms with Crippen molar-refractivity contribution in [2.24, 2.45) is 5.92 Å². The fourth-order valence-corrected chi connectivity index (χ4v) is 3.43. The Bertz CT molecular complexity index is 519. The highest BCUT2D eigenvalue weighted by Gasteiger charge is 2.16. The van der Waals surface area contributed by atoms with Gasteiger partial charge >= 0.3 is 0 Å². The Morgan fingerprint density at radius 3 is 2.85 bits per heavy atom. The summed E-state index contributed by atoms with van der Waals surface area (Å²) >= 11 is 0. The van der Waals surface area contributed by atoms with E-state index in [1.165, 1.54) is 18.2 Å². The van der Waals surface area contributed by atoms with Crippen LogP contribution in [0.4, 0.5) is 4.39 Å². The van der Waals surface area contributed by atoms with Crippen molar-refractivity contribution >= 4 is 22.4 Å². The van der Waals surface area contributed by atoms with Gasteiger partial charge < -0.3 is 5.32 Å². The van der Waals surface area contributed by atoms with Crippen molar-refractivity contribution in [3.8, 4) is 0 Å². The van der Waals surface area contributed by atoms with E-state index in [9.17, 15) is 12.8 Å². The average molecular weight is 323 g/mol. The van der Waals surface area contributed by atoms with E-state index in [1.807, 2.05) is 0 Å². The molecule has 0 aliphatic carbocycles. The lowest BCUT2D eigenvalue weighted by Crippen LogP contribution is -2.27. The molecule has 0 radical (unpaired) electrons. The molecule has 1 fully saturated rings. The molecule has 114 valence electrons. The maximum atomic E-state index is 13.0. The molecule has 0 spiro atoms. The molecule has 1 atom stereocenters. The molecule has 1 aromatic carbocycles. The summed E-state index contributed by atoms with van der Waals surface area (Å²) in [5, 5.41) is 3.25. The van der Waals surface area contributed by atoms with Crippen molar-refractivity contribution in [3.05, 3.63) is 35.6 Å². The normalized spacial score (nSPS) is 18.8. The molecule has 2 rings (SSSR count). The number of benzene rings is 1. The second-order valence-corrected chi connectivity index (χ2v) is 6.74. The van der Waals surface area contributed by atoms with Crippen LogP contribution in [-0.2, 0) is 15.8 Å². The largest absolute Gasteiger partial charge is 0.316 e. The van der Waals surface area contributed by atoms with E-state index < -0.39 is 15.8 Å². The third-order valence-corrected chi connectivity index (χ3v) is 4.64. The van der Waals surface area contributed by atoms with Gasteiger partial charge in [0, 0.05) is 6.54 Å². The van der Waals surface area contributed by atoms with E-state index in [1.54, 1.807) is 6.07 Å². The first-order chi connectivity index (χ1) is 9.05. The van der Waals surface area contributed by atoms with Crippen LogP contribution in [0, 0.1) is 11.7 Å². The van der Waals surface area contributed by atoms with Gasteiger partial charge in [-0.3, -0.25) is 0 Å². The van der Waals surface area contributed by atoms with Gasteiger partial charge in [0.1, 0.15) is 5.82 Å². The lowest BCUT2D eigenvalue weighted by molar-refractivity contribution is 0.519. The van der Waals surface area contributed by atoms with Crippen LogP contribution in [0.3, 0.4) is 0 Å². The van der Waals surface area contributed by atoms with Gasteiger partial charge in [-0.15, -0.1) is 12.4 Å². The zero-order valence-electron chi connectivity index (χ0n) is 11.1. The van der Waals surface area contributed by atoms with Crippen LogP contribution in [0.1, 0.15) is 18.4 Å². The summed E-state index contributed by atoms with van der Waals surface area (Å²) in [5.74, 6) is -0.0326. The fourth-order valence-electron chi connectivity index (χ4n) is 2.28. The molecule has 0 bridgehead atoms. The third kappa shape index (κ3) is 5.75. The summed E-state index contributed by atoms with van der Waals surface area (Å²) in [4.78, 5) is 0. The van der Waals surface area contributed by atoms with Crippen molar-refractivity contribution in [1.82, 2.24) is 10.0 Å². The van der Waals surface area contributed by atoms with Gasteiger partial charge in [-0.1, -0.05) is 12.1 Å². The molecule has 1 aliphatic rings. The van der Waals surface area contributed by atoms with E-state index in [-0.39, 0.29) is 18.2 Å². The van der Waals surface area contributed by atoms with Gasteiger partial charge in [-0.25, -0.2) is 17.5 Å². The fraction of sp³-hybridized carbons (Fsp3) is 0.538. The Hall–Kier alpha value is -0.690. The standard InChI is InChI=1S/C13H19FN2O2S.ClH/c14-13-3-1-2-12(8-13)10-19(17,18)16-7-5-11-4-6-15-9-11;/h1-3,8,11,15-16H,4-7,9-10H2;1H. The maximum absolute atomic E-state index is 13.0. The molecule has 1 aliphatic heterocycles. The van der Waals surface area contributed by atoms with Crippen molar-refractivity contribution < 1.29 is 12.8 Å². The molecule has 1 heterocycles. The Morgan fingerprint density at radius 2 is 2.20 bits per heavy atom. The average Bonchev–Trinajstić information content (AvgIpc) is 2.81.